The van der Waals surface area contributed by atoms with Crippen molar-refractivity contribution >= 4 is 5.97 Å². The third-order valence-electron chi connectivity index (χ3n) is 7.98. The second-order valence-corrected chi connectivity index (χ2v) is 11.2. The monoisotopic (exact) mass is 550 g/mol. The van der Waals surface area contributed by atoms with Gasteiger partial charge in [0.25, 0.3) is 5.56 Å². The highest BCUT2D eigenvalue weighted by molar-refractivity contribution is 5.89. The van der Waals surface area contributed by atoms with Gasteiger partial charge in [-0.1, -0.05) is 19.1 Å². The van der Waals surface area contributed by atoms with Crippen molar-refractivity contribution in [2.45, 2.75) is 77.5 Å². The van der Waals surface area contributed by atoms with Crippen LogP contribution in [0.2, 0.25) is 0 Å². The van der Waals surface area contributed by atoms with Crippen LogP contribution in [0.1, 0.15) is 85.5 Å². The van der Waals surface area contributed by atoms with E-state index in [-0.39, 0.29) is 40.8 Å². The maximum absolute atomic E-state index is 16.3. The van der Waals surface area contributed by atoms with Crippen LogP contribution in [-0.2, 0) is 13.0 Å². The summed E-state index contributed by atoms with van der Waals surface area (Å²) >= 11 is 0. The summed E-state index contributed by atoms with van der Waals surface area (Å²) in [7, 11) is 0. The number of ether oxygens (including phenoxy) is 1. The summed E-state index contributed by atoms with van der Waals surface area (Å²) < 4.78 is 37.6. The molecule has 6 nitrogen and oxygen atoms in total. The molecule has 2 aromatic carbocycles. The number of aromatic carboxylic acids is 1. The van der Waals surface area contributed by atoms with E-state index >= 15 is 4.39 Å². The lowest BCUT2D eigenvalue weighted by atomic mass is 9.92. The van der Waals surface area contributed by atoms with Crippen LogP contribution < -0.4 is 10.3 Å². The first-order valence-electron chi connectivity index (χ1n) is 14.1. The molecule has 5 rings (SSSR count). The fourth-order valence-corrected chi connectivity index (χ4v) is 5.83. The number of nitrogens with zero attached hydrogens (tertiary/aromatic N) is 2. The van der Waals surface area contributed by atoms with Crippen molar-refractivity contribution in [3.05, 3.63) is 86.8 Å². The maximum atomic E-state index is 16.3. The van der Waals surface area contributed by atoms with Crippen molar-refractivity contribution in [2.75, 3.05) is 13.1 Å². The van der Waals surface area contributed by atoms with Crippen molar-refractivity contribution in [3.8, 4) is 16.9 Å². The molecule has 2 aliphatic rings. The fourth-order valence-electron chi connectivity index (χ4n) is 5.83. The number of halogens is 2. The minimum Gasteiger partial charge on any atom is -0.488 e. The molecule has 0 spiro atoms. The lowest BCUT2D eigenvalue weighted by Gasteiger charge is -2.34. The first-order chi connectivity index (χ1) is 19.2. The van der Waals surface area contributed by atoms with Gasteiger partial charge in [-0.25, -0.2) is 13.6 Å². The number of aromatic nitrogens is 1. The van der Waals surface area contributed by atoms with E-state index in [4.69, 9.17) is 4.74 Å². The normalized spacial score (nSPS) is 16.4. The zero-order chi connectivity index (χ0) is 28.6. The van der Waals surface area contributed by atoms with Gasteiger partial charge in [-0.2, -0.15) is 0 Å². The molecule has 3 aromatic rings. The third kappa shape index (κ3) is 5.68. The molecule has 1 N–H and O–H groups in total. The zero-order valence-electron chi connectivity index (χ0n) is 23.3. The largest absolute Gasteiger partial charge is 0.488 e. The maximum Gasteiger partial charge on any atom is 0.336 e. The molecule has 212 valence electrons. The fraction of sp³-hybridized carbons (Fsp3) is 0.438. The minimum atomic E-state index is -1.08. The Morgan fingerprint density at radius 3 is 2.33 bits per heavy atom. The Bertz CT molecular complexity index is 1450. The molecule has 40 heavy (non-hydrogen) atoms. The van der Waals surface area contributed by atoms with Crippen molar-refractivity contribution in [2.24, 2.45) is 0 Å². The highest BCUT2D eigenvalue weighted by Crippen LogP contribution is 2.48. The van der Waals surface area contributed by atoms with E-state index in [1.165, 1.54) is 18.2 Å². The van der Waals surface area contributed by atoms with E-state index in [1.807, 2.05) is 13.8 Å². The predicted octanol–water partition coefficient (Wildman–Crippen LogP) is 6.56. The Morgan fingerprint density at radius 2 is 1.75 bits per heavy atom. The minimum absolute atomic E-state index is 0.0251. The molecule has 2 heterocycles. The molecule has 8 heteroatoms. The topological polar surface area (TPSA) is 71.8 Å². The summed E-state index contributed by atoms with van der Waals surface area (Å²) in [5, 5.41) is 9.44. The van der Waals surface area contributed by atoms with E-state index in [1.54, 1.807) is 29.8 Å². The molecule has 1 saturated carbocycles. The molecule has 1 aliphatic heterocycles. The first kappa shape index (κ1) is 28.0. The first-order valence-corrected chi connectivity index (χ1v) is 14.1. The van der Waals surface area contributed by atoms with Crippen molar-refractivity contribution < 1.29 is 23.4 Å². The van der Waals surface area contributed by atoms with Crippen LogP contribution in [0.15, 0.2) is 47.4 Å². The molecule has 0 unspecified atom stereocenters. The van der Waals surface area contributed by atoms with Crippen molar-refractivity contribution in [1.29, 1.82) is 0 Å². The van der Waals surface area contributed by atoms with Crippen LogP contribution >= 0.6 is 0 Å². The van der Waals surface area contributed by atoms with Gasteiger partial charge < -0.3 is 14.4 Å². The summed E-state index contributed by atoms with van der Waals surface area (Å²) in [6, 6.07) is 9.53. The number of likely N-dealkylation sites (tertiary alicyclic amines) is 1. The summed E-state index contributed by atoms with van der Waals surface area (Å²) in [6.45, 7) is 7.48. The number of carboxylic acids is 1. The average Bonchev–Trinajstić information content (AvgIpc) is 3.77. The van der Waals surface area contributed by atoms with E-state index in [0.29, 0.717) is 42.7 Å². The van der Waals surface area contributed by atoms with Crippen LogP contribution in [-0.4, -0.2) is 39.7 Å². The lowest BCUT2D eigenvalue weighted by molar-refractivity contribution is 0.0695. The van der Waals surface area contributed by atoms with Gasteiger partial charge in [0.05, 0.1) is 11.7 Å². The van der Waals surface area contributed by atoms with Gasteiger partial charge in [0.2, 0.25) is 0 Å². The molecular weight excluding hydrogens is 514 g/mol. The Hall–Kier alpha value is -3.52. The van der Waals surface area contributed by atoms with Crippen LogP contribution in [0.25, 0.3) is 11.1 Å². The average molecular weight is 551 g/mol. The number of hydrogen-bond donors (Lipinski definition) is 1. The molecular formula is C32H36F2N2O4. The van der Waals surface area contributed by atoms with E-state index in [0.717, 1.165) is 36.8 Å². The Labute approximate surface area is 233 Å². The summed E-state index contributed by atoms with van der Waals surface area (Å²) in [6.07, 6.45) is 5.19. The van der Waals surface area contributed by atoms with Gasteiger partial charge in [-0.05, 0) is 87.3 Å². The number of carboxylic acid groups (broad SMARTS) is 1. The van der Waals surface area contributed by atoms with Gasteiger partial charge in [-0.15, -0.1) is 0 Å². The standard InChI is InChI=1S/C32H36F2N2O4/c1-4-25-26(32(38)39)13-16-36(31(25)37)24-11-14-35(15-12-24)18-22-17-27(20-5-6-20)28(21-7-9-23(33)10-8-21)29(34)30(22)40-19(2)3/h7-10,13,16-17,19-20,24H,4-6,11-12,14-15,18H2,1-3H3,(H,38,39). The lowest BCUT2D eigenvalue weighted by Crippen LogP contribution is -2.38. The number of pyridine rings is 1. The van der Waals surface area contributed by atoms with E-state index in [9.17, 15) is 19.1 Å². The molecule has 0 radical (unpaired) electrons. The molecule has 1 aliphatic carbocycles. The summed E-state index contributed by atoms with van der Waals surface area (Å²) in [5.41, 5.74) is 3.05. The molecule has 2 fully saturated rings. The van der Waals surface area contributed by atoms with Crippen molar-refractivity contribution in [3.63, 3.8) is 0 Å². The highest BCUT2D eigenvalue weighted by atomic mass is 19.1. The molecule has 1 aromatic heterocycles. The number of carbonyl (C=O) groups is 1. The Balaban J connectivity index is 1.41. The van der Waals surface area contributed by atoms with Crippen molar-refractivity contribution in [1.82, 2.24) is 9.47 Å². The Kier molecular flexibility index (Phi) is 8.08. The molecule has 0 bridgehead atoms. The van der Waals surface area contributed by atoms with E-state index < -0.39 is 11.8 Å². The Morgan fingerprint density at radius 1 is 1.07 bits per heavy atom. The summed E-state index contributed by atoms with van der Waals surface area (Å²) in [5.74, 6) is -1.32. The number of piperidine rings is 1. The number of rotatable bonds is 9. The van der Waals surface area contributed by atoms with Crippen LogP contribution in [0.4, 0.5) is 8.78 Å². The second kappa shape index (κ2) is 11.5. The van der Waals surface area contributed by atoms with Crippen LogP contribution in [0, 0.1) is 11.6 Å². The highest BCUT2D eigenvalue weighted by Gasteiger charge is 2.32. The molecule has 1 saturated heterocycles. The summed E-state index contributed by atoms with van der Waals surface area (Å²) in [4.78, 5) is 26.9. The van der Waals surface area contributed by atoms with E-state index in [2.05, 4.69) is 11.0 Å². The number of benzene rings is 2. The second-order valence-electron chi connectivity index (χ2n) is 11.2. The molecule has 0 amide bonds. The van der Waals surface area contributed by atoms with Gasteiger partial charge in [-0.3, -0.25) is 9.69 Å². The van der Waals surface area contributed by atoms with Gasteiger partial charge >= 0.3 is 5.97 Å². The predicted molar refractivity (Wildman–Crippen MR) is 150 cm³/mol. The van der Waals surface area contributed by atoms with Gasteiger partial charge in [0.15, 0.2) is 11.6 Å². The smallest absolute Gasteiger partial charge is 0.336 e. The molecule has 0 atom stereocenters. The SMILES string of the molecule is CCc1c(C(=O)O)ccn(C2CCN(Cc3cc(C4CC4)c(-c4ccc(F)cc4)c(F)c3OC(C)C)CC2)c1=O. The van der Waals surface area contributed by atoms with Crippen LogP contribution in [0.3, 0.4) is 0 Å². The zero-order valence-corrected chi connectivity index (χ0v) is 23.3. The van der Waals surface area contributed by atoms with Crippen LogP contribution in [0.5, 0.6) is 5.75 Å². The quantitative estimate of drug-likeness (QED) is 0.327. The third-order valence-corrected chi connectivity index (χ3v) is 7.98. The number of hydrogen-bond acceptors (Lipinski definition) is 4. The van der Waals surface area contributed by atoms with Gasteiger partial charge in [0.1, 0.15) is 5.82 Å². The van der Waals surface area contributed by atoms with Gasteiger partial charge in [0, 0.05) is 48.6 Å².